The van der Waals surface area contributed by atoms with Gasteiger partial charge in [-0.25, -0.2) is 0 Å². The van der Waals surface area contributed by atoms with Crippen molar-refractivity contribution in [3.8, 4) is 0 Å². The lowest BCUT2D eigenvalue weighted by Crippen LogP contribution is -2.61. The van der Waals surface area contributed by atoms with E-state index in [9.17, 15) is 39.5 Å². The van der Waals surface area contributed by atoms with Gasteiger partial charge in [-0.15, -0.1) is 15.3 Å². The highest BCUT2D eigenvalue weighted by Crippen LogP contribution is 2.55. The molecule has 0 N–H and O–H groups in total. The van der Waals surface area contributed by atoms with Gasteiger partial charge in [0.15, 0.2) is 0 Å². The molecule has 11 heteroatoms. The summed E-state index contributed by atoms with van der Waals surface area (Å²) in [5, 5.41) is 0. The van der Waals surface area contributed by atoms with Crippen LogP contribution in [0.3, 0.4) is 0 Å². The topological polar surface area (TPSA) is 0 Å². The molecule has 0 nitrogen and oxygen atoms in total. The summed E-state index contributed by atoms with van der Waals surface area (Å²) in [7, 11) is 0. The summed E-state index contributed by atoms with van der Waals surface area (Å²) in [5.74, 6) is -18.8. The summed E-state index contributed by atoms with van der Waals surface area (Å²) >= 11 is 3.27. The van der Waals surface area contributed by atoms with Crippen LogP contribution in [0, 0.1) is 0 Å². The lowest BCUT2D eigenvalue weighted by molar-refractivity contribution is -0.396. The van der Waals surface area contributed by atoms with Crippen LogP contribution in [0.1, 0.15) is 34.1 Å². The average Bonchev–Trinajstić information content (AvgIpc) is 2.33. The Morgan fingerprint density at radius 2 is 1.09 bits per heavy atom. The molecule has 0 spiro atoms. The summed E-state index contributed by atoms with van der Waals surface area (Å²) in [5.41, 5.74) is -0.398. The van der Waals surface area contributed by atoms with Gasteiger partial charge >= 0.3 is 23.9 Å². The Hall–Kier alpha value is 0.0669. The molecule has 0 aliphatic rings. The van der Waals surface area contributed by atoms with Crippen LogP contribution in [0.2, 0.25) is 17.1 Å². The molecule has 140 valence electrons. The van der Waals surface area contributed by atoms with Crippen LogP contribution in [0.4, 0.5) is 39.5 Å². The third-order valence-corrected chi connectivity index (χ3v) is 15.5. The van der Waals surface area contributed by atoms with E-state index in [1.54, 1.807) is 27.7 Å². The van der Waals surface area contributed by atoms with Crippen LogP contribution in [0.25, 0.3) is 0 Å². The van der Waals surface area contributed by atoms with E-state index < -0.39 is 43.1 Å². The maximum Gasteiger partial charge on any atom is 0.460 e. The first-order valence-corrected chi connectivity index (χ1v) is 11.4. The monoisotopic (exact) mass is 440 g/mol. The molecule has 0 bridgehead atoms. The lowest BCUT2D eigenvalue weighted by Gasteiger charge is -2.37. The number of halogens is 10. The first-order chi connectivity index (χ1) is 9.84. The Bertz CT molecular complexity index is 396. The maximum atomic E-state index is 13.6. The van der Waals surface area contributed by atoms with Crippen LogP contribution >= 0.6 is 15.3 Å². The maximum absolute atomic E-state index is 13.6. The van der Waals surface area contributed by atoms with Crippen molar-refractivity contribution in [3.63, 3.8) is 0 Å². The normalized spacial score (nSPS) is 15.7. The summed E-state index contributed by atoms with van der Waals surface area (Å²) in [6.45, 7) is 3.89. The molecule has 0 unspecified atom stereocenters. The van der Waals surface area contributed by atoms with Gasteiger partial charge in [-0.1, -0.05) is 27.7 Å². The summed E-state index contributed by atoms with van der Waals surface area (Å²) < 4.78 is 115. The first kappa shape index (κ1) is 23.1. The van der Waals surface area contributed by atoms with Crippen molar-refractivity contribution < 1.29 is 39.5 Å². The molecule has 0 aromatic heterocycles. The zero-order chi connectivity index (χ0) is 19.1. The van der Waals surface area contributed by atoms with E-state index in [0.717, 1.165) is 0 Å². The van der Waals surface area contributed by atoms with Gasteiger partial charge in [-0.05, 0) is 17.1 Å². The molecule has 0 aliphatic heterocycles. The fraction of sp³-hybridized carbons (Fsp3) is 1.00. The minimum absolute atomic E-state index is 0.199. The Kier molecular flexibility index (Phi) is 6.78. The summed E-state index contributed by atoms with van der Waals surface area (Å²) in [6.07, 6.45) is -8.52. The molecule has 0 amide bonds. The molecule has 23 heavy (non-hydrogen) atoms. The largest absolute Gasteiger partial charge is 0.460 e. The molecule has 0 aromatic rings. The van der Waals surface area contributed by atoms with Gasteiger partial charge in [0.1, 0.15) is 6.69 Å². The lowest BCUT2D eigenvalue weighted by atomic mass is 10.0. The number of rotatable bonds is 7. The standard InChI is InChI=1S/C12H18BrF9Si/c1-7(2)23(13,8(3)4)6-5-9(14,15)10(16,17)11(18,19)12(20,21)22/h7-8H,5-6H2,1-4H3. The van der Waals surface area contributed by atoms with Crippen LogP contribution in [-0.4, -0.2) is 30.6 Å². The number of alkyl halides is 9. The van der Waals surface area contributed by atoms with E-state index in [2.05, 4.69) is 15.3 Å². The first-order valence-electron chi connectivity index (χ1n) is 6.73. The molecule has 0 atom stereocenters. The third-order valence-electron chi connectivity index (χ3n) is 3.95. The third kappa shape index (κ3) is 4.19. The number of hydrogen-bond acceptors (Lipinski definition) is 0. The molecule has 0 fully saturated rings. The second kappa shape index (κ2) is 6.76. The molecular formula is C12H18BrF9Si. The Morgan fingerprint density at radius 3 is 1.35 bits per heavy atom. The highest BCUT2D eigenvalue weighted by atomic mass is 79.9. The molecule has 0 aromatic carbocycles. The predicted molar refractivity (Wildman–Crippen MR) is 75.2 cm³/mol. The highest BCUT2D eigenvalue weighted by molar-refractivity contribution is 9.26. The average molecular weight is 441 g/mol. The SMILES string of the molecule is CC(C)[Si](Br)(CCC(F)(F)C(F)(F)C(F)(F)C(F)(F)F)C(C)C. The molecule has 0 heterocycles. The van der Waals surface area contributed by atoms with Gasteiger partial charge in [-0.3, -0.25) is 0 Å². The Balaban J connectivity index is 5.50. The summed E-state index contributed by atoms with van der Waals surface area (Å²) in [6, 6.07) is -0.557. The fourth-order valence-electron chi connectivity index (χ4n) is 2.16. The van der Waals surface area contributed by atoms with Crippen LogP contribution < -0.4 is 0 Å². The van der Waals surface area contributed by atoms with Gasteiger partial charge in [0, 0.05) is 6.42 Å². The molecule has 0 radical (unpaired) electrons. The Labute approximate surface area is 137 Å². The van der Waals surface area contributed by atoms with Crippen molar-refractivity contribution in [2.45, 2.75) is 75.2 Å². The number of hydrogen-bond donors (Lipinski definition) is 0. The minimum Gasteiger partial charge on any atom is -0.200 e. The van der Waals surface area contributed by atoms with Crippen molar-refractivity contribution in [1.29, 1.82) is 0 Å². The second-order valence-corrected chi connectivity index (χ2v) is 15.2. The van der Waals surface area contributed by atoms with Crippen LogP contribution in [-0.2, 0) is 0 Å². The van der Waals surface area contributed by atoms with Crippen molar-refractivity contribution in [2.75, 3.05) is 0 Å². The highest BCUT2D eigenvalue weighted by Gasteiger charge is 2.81. The molecule has 0 rings (SSSR count). The zero-order valence-electron chi connectivity index (χ0n) is 12.8. The van der Waals surface area contributed by atoms with Crippen molar-refractivity contribution in [1.82, 2.24) is 0 Å². The van der Waals surface area contributed by atoms with Gasteiger partial charge in [0.2, 0.25) is 0 Å². The van der Waals surface area contributed by atoms with Gasteiger partial charge < -0.3 is 0 Å². The second-order valence-electron chi connectivity index (χ2n) is 6.09. The van der Waals surface area contributed by atoms with E-state index in [0.29, 0.717) is 0 Å². The van der Waals surface area contributed by atoms with E-state index in [-0.39, 0.29) is 11.1 Å². The van der Waals surface area contributed by atoms with Crippen molar-refractivity contribution in [3.05, 3.63) is 0 Å². The van der Waals surface area contributed by atoms with Gasteiger partial charge in [-0.2, -0.15) is 39.5 Å². The Morgan fingerprint density at radius 1 is 0.739 bits per heavy atom. The smallest absolute Gasteiger partial charge is 0.200 e. The minimum atomic E-state index is -6.81. The van der Waals surface area contributed by atoms with Crippen LogP contribution in [0.5, 0.6) is 0 Å². The van der Waals surface area contributed by atoms with E-state index >= 15 is 0 Å². The summed E-state index contributed by atoms with van der Waals surface area (Å²) in [4.78, 5) is 0. The molecular weight excluding hydrogens is 423 g/mol. The van der Waals surface area contributed by atoms with E-state index in [4.69, 9.17) is 0 Å². The quantitative estimate of drug-likeness (QED) is 0.227. The van der Waals surface area contributed by atoms with Crippen molar-refractivity contribution in [2.24, 2.45) is 0 Å². The van der Waals surface area contributed by atoms with Gasteiger partial charge in [0.25, 0.3) is 0 Å². The van der Waals surface area contributed by atoms with E-state index in [1.165, 1.54) is 0 Å². The molecule has 0 saturated carbocycles. The molecule has 0 aliphatic carbocycles. The molecule has 0 saturated heterocycles. The van der Waals surface area contributed by atoms with Crippen LogP contribution in [0.15, 0.2) is 0 Å². The fourth-order valence-corrected chi connectivity index (χ4v) is 5.94. The van der Waals surface area contributed by atoms with Gasteiger partial charge in [0.05, 0.1) is 0 Å². The zero-order valence-corrected chi connectivity index (χ0v) is 15.4. The van der Waals surface area contributed by atoms with E-state index in [1.807, 2.05) is 0 Å². The predicted octanol–water partition coefficient (Wildman–Crippen LogP) is 7.01. The van der Waals surface area contributed by atoms with Crippen molar-refractivity contribution >= 4 is 22.0 Å².